The van der Waals surface area contributed by atoms with Crippen LogP contribution in [0.4, 0.5) is 0 Å². The molecule has 1 N–H and O–H groups in total. The molecule has 0 amide bonds. The van der Waals surface area contributed by atoms with Crippen LogP contribution in [0, 0.1) is 12.8 Å². The fraction of sp³-hybridized carbons (Fsp3) is 0.611. The van der Waals surface area contributed by atoms with Crippen LogP contribution in [-0.2, 0) is 9.53 Å². The normalized spacial score (nSPS) is 17.2. The summed E-state index contributed by atoms with van der Waals surface area (Å²) in [7, 11) is 3.45. The van der Waals surface area contributed by atoms with Crippen molar-refractivity contribution in [3.63, 3.8) is 0 Å². The Morgan fingerprint density at radius 1 is 1.43 bits per heavy atom. The predicted molar refractivity (Wildman–Crippen MR) is 88.9 cm³/mol. The maximum Gasteiger partial charge on any atom is 0.325 e. The molecule has 1 aromatic carbocycles. The number of carbonyl (C=O) groups is 1. The molecule has 1 aliphatic heterocycles. The van der Waals surface area contributed by atoms with Crippen molar-refractivity contribution >= 4 is 5.97 Å². The van der Waals surface area contributed by atoms with Gasteiger partial charge in [-0.05, 0) is 51.8 Å². The maximum atomic E-state index is 11.9. The highest BCUT2D eigenvalue weighted by atomic mass is 16.5. The topological polar surface area (TPSA) is 59.0 Å². The fourth-order valence-electron chi connectivity index (χ4n) is 3.18. The van der Waals surface area contributed by atoms with E-state index in [2.05, 4.69) is 0 Å². The number of aryl methyl sites for hydroxylation is 1. The van der Waals surface area contributed by atoms with Gasteiger partial charge < -0.3 is 14.6 Å². The molecule has 0 radical (unpaired) electrons. The zero-order valence-electron chi connectivity index (χ0n) is 14.2. The van der Waals surface area contributed by atoms with E-state index in [4.69, 9.17) is 9.47 Å². The Morgan fingerprint density at radius 3 is 2.74 bits per heavy atom. The monoisotopic (exact) mass is 321 g/mol. The minimum atomic E-state index is -0.844. The van der Waals surface area contributed by atoms with Gasteiger partial charge in [0.05, 0.1) is 7.11 Å². The zero-order valence-corrected chi connectivity index (χ0v) is 14.2. The van der Waals surface area contributed by atoms with E-state index in [1.54, 1.807) is 7.11 Å². The van der Waals surface area contributed by atoms with Crippen molar-refractivity contribution in [2.75, 3.05) is 33.9 Å². The van der Waals surface area contributed by atoms with E-state index in [1.807, 2.05) is 37.1 Å². The Hall–Kier alpha value is -1.59. The highest BCUT2D eigenvalue weighted by Gasteiger charge is 2.28. The van der Waals surface area contributed by atoms with Crippen molar-refractivity contribution in [1.29, 1.82) is 0 Å². The van der Waals surface area contributed by atoms with Crippen LogP contribution in [0.2, 0.25) is 0 Å². The first-order chi connectivity index (χ1) is 11.0. The first-order valence-electron chi connectivity index (χ1n) is 8.18. The van der Waals surface area contributed by atoms with Gasteiger partial charge in [-0.15, -0.1) is 0 Å². The predicted octanol–water partition coefficient (Wildman–Crippen LogP) is 2.88. The summed E-state index contributed by atoms with van der Waals surface area (Å²) in [5, 5.41) is 9.73. The Kier molecular flexibility index (Phi) is 6.42. The van der Waals surface area contributed by atoms with Crippen LogP contribution in [-0.4, -0.2) is 49.9 Å². The molecule has 0 aliphatic carbocycles. The summed E-state index contributed by atoms with van der Waals surface area (Å²) in [5.41, 5.74) is 1.75. The van der Waals surface area contributed by atoms with E-state index in [1.165, 1.54) is 0 Å². The molecule has 0 spiro atoms. The largest absolute Gasteiger partial charge is 0.496 e. The summed E-state index contributed by atoms with van der Waals surface area (Å²) in [6.45, 7) is 4.35. The molecule has 1 unspecified atom stereocenters. The van der Waals surface area contributed by atoms with E-state index >= 15 is 0 Å². The third-order valence-electron chi connectivity index (χ3n) is 4.59. The van der Waals surface area contributed by atoms with Gasteiger partial charge in [0.15, 0.2) is 0 Å². The second kappa shape index (κ2) is 8.31. The number of methoxy groups -OCH3 is 1. The van der Waals surface area contributed by atoms with Gasteiger partial charge in [-0.3, -0.25) is 9.69 Å². The van der Waals surface area contributed by atoms with Crippen molar-refractivity contribution < 1.29 is 19.4 Å². The molecule has 1 aliphatic rings. The van der Waals surface area contributed by atoms with Crippen LogP contribution in [0.3, 0.4) is 0 Å². The molecule has 1 heterocycles. The molecular weight excluding hydrogens is 294 g/mol. The number of benzene rings is 1. The van der Waals surface area contributed by atoms with Crippen molar-refractivity contribution in [1.82, 2.24) is 4.90 Å². The number of carboxylic acid groups (broad SMARTS) is 1. The lowest BCUT2D eigenvalue weighted by atomic mass is 9.95. The van der Waals surface area contributed by atoms with Gasteiger partial charge in [0, 0.05) is 18.8 Å². The molecule has 5 heteroatoms. The van der Waals surface area contributed by atoms with E-state index in [0.717, 1.165) is 50.1 Å². The van der Waals surface area contributed by atoms with E-state index in [0.29, 0.717) is 11.7 Å². The van der Waals surface area contributed by atoms with Crippen LogP contribution in [0.15, 0.2) is 18.2 Å². The molecule has 0 saturated carbocycles. The summed E-state index contributed by atoms with van der Waals surface area (Å²) in [5.74, 6) is 0.407. The van der Waals surface area contributed by atoms with Gasteiger partial charge in [-0.1, -0.05) is 17.7 Å². The molecule has 1 fully saturated rings. The van der Waals surface area contributed by atoms with Gasteiger partial charge in [-0.25, -0.2) is 0 Å². The van der Waals surface area contributed by atoms with Crippen molar-refractivity contribution in [2.24, 2.45) is 5.92 Å². The molecule has 1 saturated heterocycles. The molecule has 2 rings (SSSR count). The maximum absolute atomic E-state index is 11.9. The Labute approximate surface area is 138 Å². The summed E-state index contributed by atoms with van der Waals surface area (Å²) in [6.07, 6.45) is 3.14. The third-order valence-corrected chi connectivity index (χ3v) is 4.59. The summed E-state index contributed by atoms with van der Waals surface area (Å²) in [6, 6.07) is 4.99. The lowest BCUT2D eigenvalue weighted by Gasteiger charge is -2.29. The van der Waals surface area contributed by atoms with Crippen LogP contribution < -0.4 is 4.74 Å². The Balaban J connectivity index is 2.10. The lowest BCUT2D eigenvalue weighted by molar-refractivity contribution is -0.143. The van der Waals surface area contributed by atoms with Crippen LogP contribution in [0.25, 0.3) is 0 Å². The highest BCUT2D eigenvalue weighted by Crippen LogP contribution is 2.31. The zero-order chi connectivity index (χ0) is 16.8. The average Bonchev–Trinajstić information content (AvgIpc) is 2.54. The van der Waals surface area contributed by atoms with E-state index in [9.17, 15) is 9.90 Å². The number of rotatable bonds is 7. The van der Waals surface area contributed by atoms with Gasteiger partial charge in [0.2, 0.25) is 0 Å². The standard InChI is InChI=1S/C18H27NO4/c1-13-4-5-16(22-3)15(12-13)17(18(20)21)19(2)9-6-14-7-10-23-11-8-14/h4-5,12,14,17H,6-11H2,1-3H3,(H,20,21). The molecule has 0 aromatic heterocycles. The average molecular weight is 321 g/mol. The summed E-state index contributed by atoms with van der Waals surface area (Å²) < 4.78 is 10.8. The molecular formula is C18H27NO4. The minimum absolute atomic E-state index is 0.625. The number of ether oxygens (including phenoxy) is 2. The number of aliphatic carboxylic acids is 1. The molecule has 23 heavy (non-hydrogen) atoms. The van der Waals surface area contributed by atoms with Crippen molar-refractivity contribution in [3.8, 4) is 5.75 Å². The van der Waals surface area contributed by atoms with Crippen LogP contribution in [0.1, 0.15) is 36.4 Å². The SMILES string of the molecule is COc1ccc(C)cc1C(C(=O)O)N(C)CCC1CCOCC1. The lowest BCUT2D eigenvalue weighted by Crippen LogP contribution is -2.33. The van der Waals surface area contributed by atoms with Gasteiger partial charge in [-0.2, -0.15) is 0 Å². The second-order valence-corrected chi connectivity index (χ2v) is 6.31. The van der Waals surface area contributed by atoms with Crippen molar-refractivity contribution in [3.05, 3.63) is 29.3 Å². The first-order valence-corrected chi connectivity index (χ1v) is 8.18. The Morgan fingerprint density at radius 2 is 2.13 bits per heavy atom. The highest BCUT2D eigenvalue weighted by molar-refractivity contribution is 5.76. The van der Waals surface area contributed by atoms with Gasteiger partial charge in [0.1, 0.15) is 11.8 Å². The van der Waals surface area contributed by atoms with Gasteiger partial charge >= 0.3 is 5.97 Å². The molecule has 1 atom stereocenters. The Bertz CT molecular complexity index is 526. The fourth-order valence-corrected chi connectivity index (χ4v) is 3.18. The second-order valence-electron chi connectivity index (χ2n) is 6.31. The minimum Gasteiger partial charge on any atom is -0.496 e. The number of likely N-dealkylation sites (N-methyl/N-ethyl adjacent to an activating group) is 1. The summed E-state index contributed by atoms with van der Waals surface area (Å²) in [4.78, 5) is 13.8. The molecule has 5 nitrogen and oxygen atoms in total. The quantitative estimate of drug-likeness (QED) is 0.837. The first kappa shape index (κ1) is 17.8. The smallest absolute Gasteiger partial charge is 0.325 e. The number of nitrogens with zero attached hydrogens (tertiary/aromatic N) is 1. The molecule has 128 valence electrons. The van der Waals surface area contributed by atoms with Crippen LogP contribution >= 0.6 is 0 Å². The third kappa shape index (κ3) is 4.69. The number of hydrogen-bond acceptors (Lipinski definition) is 4. The molecule has 1 aromatic rings. The number of hydrogen-bond donors (Lipinski definition) is 1. The number of carboxylic acids is 1. The van der Waals surface area contributed by atoms with E-state index < -0.39 is 12.0 Å². The van der Waals surface area contributed by atoms with Gasteiger partial charge in [0.25, 0.3) is 0 Å². The van der Waals surface area contributed by atoms with Crippen molar-refractivity contribution in [2.45, 2.75) is 32.2 Å². The van der Waals surface area contributed by atoms with E-state index in [-0.39, 0.29) is 0 Å². The molecule has 0 bridgehead atoms. The summed E-state index contributed by atoms with van der Waals surface area (Å²) >= 11 is 0. The van der Waals surface area contributed by atoms with Crippen LogP contribution in [0.5, 0.6) is 5.75 Å².